The predicted octanol–water partition coefficient (Wildman–Crippen LogP) is 3.96. The van der Waals surface area contributed by atoms with Crippen LogP contribution in [0.5, 0.6) is 0 Å². The molecule has 1 saturated heterocycles. The fraction of sp³-hybridized carbons (Fsp3) is 0.750. The molecule has 1 fully saturated rings. The van der Waals surface area contributed by atoms with Crippen molar-refractivity contribution in [1.29, 1.82) is 0 Å². The van der Waals surface area contributed by atoms with E-state index in [0.29, 0.717) is 17.9 Å². The average Bonchev–Trinajstić information content (AvgIpc) is 3.14. The van der Waals surface area contributed by atoms with Gasteiger partial charge in [-0.15, -0.1) is 0 Å². The maximum Gasteiger partial charge on any atom is 0.193 e. The molecule has 3 nitrogen and oxygen atoms in total. The van der Waals surface area contributed by atoms with Crippen LogP contribution in [-0.4, -0.2) is 28.7 Å². The van der Waals surface area contributed by atoms with Gasteiger partial charge in [0.15, 0.2) is 5.78 Å². The highest BCUT2D eigenvalue weighted by Gasteiger charge is 2.58. The van der Waals surface area contributed by atoms with Crippen LogP contribution >= 0.6 is 0 Å². The second-order valence-corrected chi connectivity index (χ2v) is 8.37. The van der Waals surface area contributed by atoms with Crippen LogP contribution in [0.25, 0.3) is 0 Å². The Balaban J connectivity index is 2.05. The predicted molar refractivity (Wildman–Crippen MR) is 91.1 cm³/mol. The summed E-state index contributed by atoms with van der Waals surface area (Å²) in [5, 5.41) is 10.6. The van der Waals surface area contributed by atoms with E-state index < -0.39 is 6.10 Å². The minimum Gasteiger partial charge on any atom is -0.388 e. The van der Waals surface area contributed by atoms with Crippen LogP contribution < -0.4 is 0 Å². The van der Waals surface area contributed by atoms with Crippen LogP contribution in [0.3, 0.4) is 0 Å². The third kappa shape index (κ3) is 2.72. The number of Topliss-reactive ketones (excluding diaryl/α,β-unsaturated/α-hetero) is 1. The quantitative estimate of drug-likeness (QED) is 0.543. The van der Waals surface area contributed by atoms with Gasteiger partial charge in [-0.3, -0.25) is 4.79 Å². The van der Waals surface area contributed by atoms with E-state index in [1.165, 1.54) is 5.57 Å². The number of aliphatic hydroxyl groups is 1. The molecule has 0 saturated carbocycles. The van der Waals surface area contributed by atoms with Gasteiger partial charge in [0.2, 0.25) is 0 Å². The Labute approximate surface area is 139 Å². The molecule has 0 spiro atoms. The van der Waals surface area contributed by atoms with Gasteiger partial charge >= 0.3 is 0 Å². The van der Waals surface area contributed by atoms with Crippen LogP contribution in [0, 0.1) is 11.3 Å². The highest BCUT2D eigenvalue weighted by Crippen LogP contribution is 2.51. The summed E-state index contributed by atoms with van der Waals surface area (Å²) >= 11 is 0. The van der Waals surface area contributed by atoms with Crippen LogP contribution in [0.2, 0.25) is 0 Å². The molecule has 0 unspecified atom stereocenters. The molecule has 0 radical (unpaired) electrons. The minimum absolute atomic E-state index is 0.0240. The maximum absolute atomic E-state index is 13.0. The molecule has 1 N–H and O–H groups in total. The number of allylic oxidation sites excluding steroid dienone is 3. The number of rotatable bonds is 0. The molecule has 0 amide bonds. The Morgan fingerprint density at radius 1 is 1.26 bits per heavy atom. The van der Waals surface area contributed by atoms with E-state index >= 15 is 0 Å². The normalized spacial score (nSPS) is 47.1. The molecule has 1 aliphatic heterocycles. The molecule has 2 aliphatic carbocycles. The standard InChI is InChI=1S/C20H30O3/c1-12-7-6-9-20(5)18(23-20)17(22)16-14(3)19(4,10-8-12)13(2)11-15(16)21/h7,13,15,18,21H,6,8-11H2,1-5H3/b12-7+/t13-,15+,18-,19+,20-/m1/s1. The zero-order valence-electron chi connectivity index (χ0n) is 15.1. The molecule has 0 aromatic heterocycles. The lowest BCUT2D eigenvalue weighted by Gasteiger charge is -2.44. The molecule has 3 aliphatic rings. The molecule has 0 aromatic carbocycles. The summed E-state index contributed by atoms with van der Waals surface area (Å²) < 4.78 is 5.79. The molecule has 128 valence electrons. The maximum atomic E-state index is 13.0. The van der Waals surface area contributed by atoms with E-state index in [1.54, 1.807) is 0 Å². The molecule has 3 heteroatoms. The van der Waals surface area contributed by atoms with E-state index in [2.05, 4.69) is 33.8 Å². The van der Waals surface area contributed by atoms with E-state index in [9.17, 15) is 9.90 Å². The Kier molecular flexibility index (Phi) is 4.09. The Morgan fingerprint density at radius 2 is 1.96 bits per heavy atom. The van der Waals surface area contributed by atoms with Crippen molar-refractivity contribution in [2.75, 3.05) is 0 Å². The summed E-state index contributed by atoms with van der Waals surface area (Å²) in [4.78, 5) is 13.0. The smallest absolute Gasteiger partial charge is 0.193 e. The molecule has 1 heterocycles. The molecule has 5 atom stereocenters. The van der Waals surface area contributed by atoms with Gasteiger partial charge in [0.25, 0.3) is 0 Å². The summed E-state index contributed by atoms with van der Waals surface area (Å²) in [6.45, 7) is 10.7. The highest BCUT2D eigenvalue weighted by molar-refractivity contribution is 6.03. The first-order valence-electron chi connectivity index (χ1n) is 8.96. The van der Waals surface area contributed by atoms with Gasteiger partial charge < -0.3 is 9.84 Å². The van der Waals surface area contributed by atoms with Gasteiger partial charge in [-0.05, 0) is 64.2 Å². The fourth-order valence-electron chi connectivity index (χ4n) is 4.48. The number of hydrogen-bond donors (Lipinski definition) is 1. The first-order chi connectivity index (χ1) is 10.7. The third-order valence-corrected chi connectivity index (χ3v) is 6.82. The van der Waals surface area contributed by atoms with Crippen molar-refractivity contribution in [2.45, 2.75) is 84.5 Å². The number of ether oxygens (including phenoxy) is 1. The molecular formula is C20H30O3. The zero-order valence-corrected chi connectivity index (χ0v) is 15.1. The largest absolute Gasteiger partial charge is 0.388 e. The van der Waals surface area contributed by atoms with Gasteiger partial charge in [0.05, 0.1) is 6.10 Å². The Bertz CT molecular complexity index is 588. The summed E-state index contributed by atoms with van der Waals surface area (Å²) in [5.41, 5.74) is 2.77. The summed E-state index contributed by atoms with van der Waals surface area (Å²) in [5.74, 6) is 0.396. The van der Waals surface area contributed by atoms with E-state index in [-0.39, 0.29) is 22.9 Å². The van der Waals surface area contributed by atoms with Crippen molar-refractivity contribution in [1.82, 2.24) is 0 Å². The number of carbonyl (C=O) groups is 1. The molecule has 2 bridgehead atoms. The summed E-state index contributed by atoms with van der Waals surface area (Å²) in [7, 11) is 0. The first kappa shape index (κ1) is 16.9. The number of carbonyl (C=O) groups excluding carboxylic acids is 1. The molecule has 23 heavy (non-hydrogen) atoms. The number of epoxide rings is 1. The highest BCUT2D eigenvalue weighted by atomic mass is 16.6. The van der Waals surface area contributed by atoms with Crippen molar-refractivity contribution in [3.05, 3.63) is 22.8 Å². The monoisotopic (exact) mass is 318 g/mol. The van der Waals surface area contributed by atoms with Gasteiger partial charge in [-0.1, -0.05) is 31.1 Å². The van der Waals surface area contributed by atoms with Crippen molar-refractivity contribution < 1.29 is 14.6 Å². The summed E-state index contributed by atoms with van der Waals surface area (Å²) in [6.07, 6.45) is 5.88. The van der Waals surface area contributed by atoms with E-state index in [0.717, 1.165) is 31.3 Å². The van der Waals surface area contributed by atoms with Crippen molar-refractivity contribution >= 4 is 5.78 Å². The molecule has 3 rings (SSSR count). The second-order valence-electron chi connectivity index (χ2n) is 8.37. The number of ketones is 1. The van der Waals surface area contributed by atoms with Gasteiger partial charge in [-0.2, -0.15) is 0 Å². The van der Waals surface area contributed by atoms with Gasteiger partial charge in [0.1, 0.15) is 11.7 Å². The van der Waals surface area contributed by atoms with Crippen LogP contribution in [-0.2, 0) is 9.53 Å². The fourth-order valence-corrected chi connectivity index (χ4v) is 4.48. The lowest BCUT2D eigenvalue weighted by molar-refractivity contribution is -0.118. The average molecular weight is 318 g/mol. The third-order valence-electron chi connectivity index (χ3n) is 6.82. The lowest BCUT2D eigenvalue weighted by atomic mass is 9.61. The summed E-state index contributed by atoms with van der Waals surface area (Å²) in [6, 6.07) is 0. The zero-order chi connectivity index (χ0) is 17.0. The first-order valence-corrected chi connectivity index (χ1v) is 8.96. The van der Waals surface area contributed by atoms with Gasteiger partial charge in [0, 0.05) is 5.57 Å². The van der Waals surface area contributed by atoms with E-state index in [1.807, 2.05) is 6.92 Å². The molecular weight excluding hydrogens is 288 g/mol. The van der Waals surface area contributed by atoms with Crippen LogP contribution in [0.1, 0.15) is 66.7 Å². The SMILES string of the molecule is CC1=C2C(=O)[C@H]3O[C@]3(C)CC/C=C(\C)CC[C@@]1(C)[C@H](C)C[C@@H]2O. The number of hydrogen-bond acceptors (Lipinski definition) is 3. The van der Waals surface area contributed by atoms with Crippen molar-refractivity contribution in [3.63, 3.8) is 0 Å². The number of aliphatic hydroxyl groups excluding tert-OH is 1. The van der Waals surface area contributed by atoms with Gasteiger partial charge in [-0.25, -0.2) is 0 Å². The van der Waals surface area contributed by atoms with Crippen molar-refractivity contribution in [3.8, 4) is 0 Å². The minimum atomic E-state index is -0.640. The lowest BCUT2D eigenvalue weighted by Crippen LogP contribution is -2.40. The van der Waals surface area contributed by atoms with Crippen LogP contribution in [0.4, 0.5) is 0 Å². The van der Waals surface area contributed by atoms with Crippen LogP contribution in [0.15, 0.2) is 22.8 Å². The Morgan fingerprint density at radius 3 is 2.65 bits per heavy atom. The number of fused-ring (bicyclic) bond motifs is 2. The van der Waals surface area contributed by atoms with E-state index in [4.69, 9.17) is 4.74 Å². The molecule has 0 aromatic rings. The Hall–Kier alpha value is -0.930. The second kappa shape index (κ2) is 5.56. The topological polar surface area (TPSA) is 49.8 Å². The van der Waals surface area contributed by atoms with Crippen molar-refractivity contribution in [2.24, 2.45) is 11.3 Å².